The molecule has 0 aliphatic heterocycles. The van der Waals surface area contributed by atoms with E-state index in [1.807, 2.05) is 24.3 Å². The number of benzene rings is 3. The van der Waals surface area contributed by atoms with Gasteiger partial charge in [0.05, 0.1) is 19.8 Å². The molecule has 4 nitrogen and oxygen atoms in total. The highest BCUT2D eigenvalue weighted by Gasteiger charge is 2.46. The van der Waals surface area contributed by atoms with Crippen molar-refractivity contribution in [2.45, 2.75) is 25.8 Å². The molecule has 0 radical (unpaired) electrons. The van der Waals surface area contributed by atoms with Crippen LogP contribution in [0.4, 0.5) is 5.69 Å². The monoisotopic (exact) mass is 474 g/mol. The van der Waals surface area contributed by atoms with Gasteiger partial charge in [-0.2, -0.15) is 0 Å². The molecule has 3 N–H and O–H groups in total. The van der Waals surface area contributed by atoms with Crippen LogP contribution in [-0.4, -0.2) is 41.1 Å². The first-order chi connectivity index (χ1) is 16.4. The molecule has 178 valence electrons. The minimum Gasteiger partial charge on any atom is -0.491 e. The van der Waals surface area contributed by atoms with E-state index < -0.39 is 8.07 Å². The van der Waals surface area contributed by atoms with Crippen LogP contribution in [0.5, 0.6) is 5.75 Å². The quantitative estimate of drug-likeness (QED) is 0.278. The van der Waals surface area contributed by atoms with Crippen LogP contribution in [-0.2, 0) is 9.47 Å². The number of quaternary nitrogens is 1. The van der Waals surface area contributed by atoms with Gasteiger partial charge in [0.15, 0.2) is 0 Å². The van der Waals surface area contributed by atoms with Gasteiger partial charge in [0.1, 0.15) is 24.7 Å². The Morgan fingerprint density at radius 1 is 0.706 bits per heavy atom. The molecular weight excluding hydrogens is 438 g/mol. The zero-order chi connectivity index (χ0) is 24.3. The van der Waals surface area contributed by atoms with E-state index >= 15 is 0 Å². The lowest BCUT2D eigenvalue weighted by Gasteiger charge is -2.39. The van der Waals surface area contributed by atoms with E-state index in [0.717, 1.165) is 11.4 Å². The SMILES string of the molecule is CC(C)(C)[Si](C#CCOCCOCCOc1ccc([NH3+])cc1)(c1ccccc1)c1ccccc1. The van der Waals surface area contributed by atoms with E-state index in [1.165, 1.54) is 10.4 Å². The maximum Gasteiger partial charge on any atom is 0.204 e. The summed E-state index contributed by atoms with van der Waals surface area (Å²) >= 11 is 0. The van der Waals surface area contributed by atoms with Gasteiger partial charge in [-0.05, 0) is 27.5 Å². The Morgan fingerprint density at radius 2 is 1.24 bits per heavy atom. The second-order valence-corrected chi connectivity index (χ2v) is 13.6. The van der Waals surface area contributed by atoms with Crippen LogP contribution in [0, 0.1) is 11.5 Å². The maximum absolute atomic E-state index is 5.77. The van der Waals surface area contributed by atoms with E-state index in [-0.39, 0.29) is 5.04 Å². The lowest BCUT2D eigenvalue weighted by molar-refractivity contribution is -0.254. The van der Waals surface area contributed by atoms with Crippen LogP contribution in [0.1, 0.15) is 20.8 Å². The predicted octanol–water partition coefficient (Wildman–Crippen LogP) is 3.58. The average Bonchev–Trinajstić information content (AvgIpc) is 2.84. The van der Waals surface area contributed by atoms with Crippen molar-refractivity contribution in [2.75, 3.05) is 33.0 Å². The Kier molecular flexibility index (Phi) is 9.49. The Balaban J connectivity index is 1.53. The van der Waals surface area contributed by atoms with Gasteiger partial charge in [0, 0.05) is 12.1 Å². The molecule has 0 fully saturated rings. The molecule has 0 amide bonds. The molecule has 3 aromatic rings. The molecule has 0 bridgehead atoms. The molecule has 0 atom stereocenters. The molecular formula is C29H36NO3Si+. The summed E-state index contributed by atoms with van der Waals surface area (Å²) in [5.41, 5.74) is 8.58. The van der Waals surface area contributed by atoms with Crippen LogP contribution in [0.25, 0.3) is 0 Å². The first kappa shape index (κ1) is 25.7. The maximum atomic E-state index is 5.77. The molecule has 0 saturated carbocycles. The van der Waals surface area contributed by atoms with Crippen molar-refractivity contribution in [2.24, 2.45) is 0 Å². The van der Waals surface area contributed by atoms with Gasteiger partial charge < -0.3 is 19.9 Å². The summed E-state index contributed by atoms with van der Waals surface area (Å²) < 4.78 is 17.0. The van der Waals surface area contributed by atoms with Gasteiger partial charge in [-0.15, -0.1) is 5.54 Å². The fourth-order valence-corrected chi connectivity index (χ4v) is 8.51. The number of rotatable bonds is 10. The predicted molar refractivity (Wildman–Crippen MR) is 142 cm³/mol. The van der Waals surface area contributed by atoms with Crippen molar-refractivity contribution in [3.05, 3.63) is 84.9 Å². The average molecular weight is 475 g/mol. The highest BCUT2D eigenvalue weighted by Crippen LogP contribution is 2.35. The molecule has 0 aliphatic carbocycles. The first-order valence-electron chi connectivity index (χ1n) is 11.7. The highest BCUT2D eigenvalue weighted by atomic mass is 28.3. The molecule has 3 aromatic carbocycles. The summed E-state index contributed by atoms with van der Waals surface area (Å²) in [5.74, 6) is 4.19. The molecule has 0 heterocycles. The Labute approximate surface area is 205 Å². The van der Waals surface area contributed by atoms with Crippen LogP contribution in [0.3, 0.4) is 0 Å². The summed E-state index contributed by atoms with van der Waals surface area (Å²) in [6, 6.07) is 29.2. The van der Waals surface area contributed by atoms with Crippen LogP contribution < -0.4 is 20.8 Å². The third-order valence-electron chi connectivity index (χ3n) is 5.78. The molecule has 0 saturated heterocycles. The van der Waals surface area contributed by atoms with E-state index in [9.17, 15) is 0 Å². The largest absolute Gasteiger partial charge is 0.491 e. The Hall–Kier alpha value is -2.88. The van der Waals surface area contributed by atoms with Crippen LogP contribution in [0.2, 0.25) is 5.04 Å². The Morgan fingerprint density at radius 3 is 1.79 bits per heavy atom. The smallest absolute Gasteiger partial charge is 0.204 e. The molecule has 34 heavy (non-hydrogen) atoms. The van der Waals surface area contributed by atoms with E-state index in [2.05, 4.69) is 98.6 Å². The fourth-order valence-electron chi connectivity index (χ4n) is 4.06. The van der Waals surface area contributed by atoms with Crippen molar-refractivity contribution >= 4 is 24.1 Å². The van der Waals surface area contributed by atoms with E-state index in [4.69, 9.17) is 14.2 Å². The first-order valence-corrected chi connectivity index (χ1v) is 13.7. The summed E-state index contributed by atoms with van der Waals surface area (Å²) in [4.78, 5) is 0. The van der Waals surface area contributed by atoms with E-state index in [0.29, 0.717) is 33.0 Å². The van der Waals surface area contributed by atoms with Crippen LogP contribution >= 0.6 is 0 Å². The van der Waals surface area contributed by atoms with Gasteiger partial charge >= 0.3 is 0 Å². The minimum atomic E-state index is -2.36. The second kappa shape index (κ2) is 12.5. The highest BCUT2D eigenvalue weighted by molar-refractivity contribution is 7.10. The lowest BCUT2D eigenvalue weighted by Crippen LogP contribution is -2.63. The third kappa shape index (κ3) is 6.82. The third-order valence-corrected chi connectivity index (χ3v) is 11.0. The van der Waals surface area contributed by atoms with Gasteiger partial charge in [-0.25, -0.2) is 0 Å². The van der Waals surface area contributed by atoms with Crippen LogP contribution in [0.15, 0.2) is 84.9 Å². The zero-order valence-electron chi connectivity index (χ0n) is 20.6. The van der Waals surface area contributed by atoms with Gasteiger partial charge in [0.25, 0.3) is 0 Å². The number of hydrogen-bond donors (Lipinski definition) is 1. The summed E-state index contributed by atoms with van der Waals surface area (Å²) in [7, 11) is -2.36. The summed E-state index contributed by atoms with van der Waals surface area (Å²) in [6.45, 7) is 9.34. The number of hydrogen-bond acceptors (Lipinski definition) is 3. The normalized spacial score (nSPS) is 11.5. The molecule has 3 rings (SSSR count). The van der Waals surface area contributed by atoms with Crippen molar-refractivity contribution in [3.8, 4) is 17.2 Å². The van der Waals surface area contributed by atoms with Gasteiger partial charge in [-0.1, -0.05) is 87.4 Å². The topological polar surface area (TPSA) is 55.3 Å². The van der Waals surface area contributed by atoms with Gasteiger partial charge in [-0.3, -0.25) is 0 Å². The fraction of sp³-hybridized carbons (Fsp3) is 0.310. The van der Waals surface area contributed by atoms with Gasteiger partial charge in [0.2, 0.25) is 8.07 Å². The molecule has 0 aromatic heterocycles. The van der Waals surface area contributed by atoms with Crippen molar-refractivity contribution in [3.63, 3.8) is 0 Å². The number of ether oxygens (including phenoxy) is 3. The molecule has 0 aliphatic rings. The molecule has 0 unspecified atom stereocenters. The van der Waals surface area contributed by atoms with Crippen molar-refractivity contribution in [1.29, 1.82) is 0 Å². The zero-order valence-corrected chi connectivity index (χ0v) is 21.6. The minimum absolute atomic E-state index is 0.0137. The standard InChI is InChI=1S/C29H35NO3Si/c1-29(2,3)34(27-11-6-4-7-12-27,28-13-8-5-9-14-28)24-10-19-31-20-21-32-22-23-33-26-17-15-25(30)16-18-26/h4-9,11-18H,19-23,30H2,1-3H3/p+1. The summed E-state index contributed by atoms with van der Waals surface area (Å²) in [5, 5.41) is 2.67. The second-order valence-electron chi connectivity index (χ2n) is 9.19. The molecule has 5 heteroatoms. The van der Waals surface area contributed by atoms with Crippen molar-refractivity contribution < 1.29 is 19.9 Å². The lowest BCUT2D eigenvalue weighted by atomic mass is 10.2. The van der Waals surface area contributed by atoms with Crippen molar-refractivity contribution in [1.82, 2.24) is 0 Å². The Bertz CT molecular complexity index is 1010. The molecule has 0 spiro atoms. The summed E-state index contributed by atoms with van der Waals surface area (Å²) in [6.07, 6.45) is 0. The van der Waals surface area contributed by atoms with E-state index in [1.54, 1.807) is 0 Å².